The molecule has 2 aromatic rings. The van der Waals surface area contributed by atoms with Gasteiger partial charge in [-0.3, -0.25) is 14.7 Å². The van der Waals surface area contributed by atoms with Crippen molar-refractivity contribution in [1.82, 2.24) is 15.2 Å². The van der Waals surface area contributed by atoms with Crippen LogP contribution in [0.2, 0.25) is 0 Å². The van der Waals surface area contributed by atoms with Gasteiger partial charge in [-0.25, -0.2) is 0 Å². The maximum Gasteiger partial charge on any atom is 0.417 e. The van der Waals surface area contributed by atoms with Crippen molar-refractivity contribution in [3.05, 3.63) is 59.4 Å². The monoisotopic (exact) mass is 485 g/mol. The number of nitrogens with one attached hydrogen (secondary N) is 1. The van der Waals surface area contributed by atoms with E-state index in [1.165, 1.54) is 11.6 Å². The molecule has 0 aliphatic carbocycles. The quantitative estimate of drug-likeness (QED) is 0.668. The number of piperidine rings is 1. The molecular weight excluding hydrogens is 455 g/mol. The number of amides is 1. The Morgan fingerprint density at radius 2 is 1.89 bits per heavy atom. The van der Waals surface area contributed by atoms with Crippen LogP contribution in [0, 0.1) is 29.1 Å². The summed E-state index contributed by atoms with van der Waals surface area (Å²) in [6.45, 7) is 5.98. The largest absolute Gasteiger partial charge is 0.417 e. The predicted octanol–water partition coefficient (Wildman–Crippen LogP) is 4.07. The van der Waals surface area contributed by atoms with E-state index in [1.54, 1.807) is 24.5 Å². The fourth-order valence-corrected chi connectivity index (χ4v) is 5.45. The number of hydrogen-bond donors (Lipinski definition) is 1. The van der Waals surface area contributed by atoms with E-state index < -0.39 is 11.7 Å². The Kier molecular flexibility index (Phi) is 7.60. The van der Waals surface area contributed by atoms with Gasteiger partial charge in [-0.1, -0.05) is 0 Å². The number of rotatable bonds is 6. The van der Waals surface area contributed by atoms with Crippen LogP contribution >= 0.6 is 0 Å². The van der Waals surface area contributed by atoms with Gasteiger partial charge in [0.2, 0.25) is 5.91 Å². The Bertz CT molecular complexity index is 1060. The standard InChI is InChI=1S/C26H30F3N5O/c1-2-32-25(35)23-17-34(21-4-3-20(14-30)24(13-21)26(27,28)29)16-22(23)19-7-11-33(12-8-19)15-18-5-9-31-10-6-18/h3-6,9-10,13,19,22-23H,2,7-8,11-12,15-17H2,1H3,(H,32,35)/t22-,23+/m0/s1. The van der Waals surface area contributed by atoms with Crippen LogP contribution in [-0.2, 0) is 17.5 Å². The van der Waals surface area contributed by atoms with Crippen molar-refractivity contribution in [2.24, 2.45) is 17.8 Å². The SMILES string of the molecule is CCNC(=O)[C@@H]1CN(c2ccc(C#N)c(C(F)(F)F)c2)C[C@H]1C1CCN(Cc2ccncc2)CC1. The number of halogens is 3. The molecule has 9 heteroatoms. The molecule has 6 nitrogen and oxygen atoms in total. The summed E-state index contributed by atoms with van der Waals surface area (Å²) >= 11 is 0. The highest BCUT2D eigenvalue weighted by molar-refractivity contribution is 5.80. The summed E-state index contributed by atoms with van der Waals surface area (Å²) in [6, 6.07) is 9.49. The topological polar surface area (TPSA) is 72.3 Å². The third kappa shape index (κ3) is 5.76. The van der Waals surface area contributed by atoms with E-state index in [-0.39, 0.29) is 23.3 Å². The Balaban J connectivity index is 1.49. The van der Waals surface area contributed by atoms with Gasteiger partial charge < -0.3 is 10.2 Å². The molecule has 35 heavy (non-hydrogen) atoms. The van der Waals surface area contributed by atoms with Crippen LogP contribution in [-0.4, -0.2) is 48.5 Å². The average Bonchev–Trinajstić information content (AvgIpc) is 3.30. The fraction of sp³-hybridized carbons (Fsp3) is 0.500. The lowest BCUT2D eigenvalue weighted by atomic mass is 9.78. The first-order valence-electron chi connectivity index (χ1n) is 12.1. The zero-order chi connectivity index (χ0) is 25.0. The first-order chi connectivity index (χ1) is 16.8. The molecule has 1 aromatic heterocycles. The van der Waals surface area contributed by atoms with Crippen LogP contribution in [0.1, 0.15) is 36.5 Å². The molecule has 2 fully saturated rings. The summed E-state index contributed by atoms with van der Waals surface area (Å²) in [5.41, 5.74) is 0.300. The number of anilines is 1. The van der Waals surface area contributed by atoms with Crippen molar-refractivity contribution < 1.29 is 18.0 Å². The number of pyridine rings is 1. The van der Waals surface area contributed by atoms with E-state index in [0.717, 1.165) is 38.5 Å². The molecule has 1 amide bonds. The lowest BCUT2D eigenvalue weighted by Gasteiger charge is -2.36. The van der Waals surface area contributed by atoms with Crippen molar-refractivity contribution in [1.29, 1.82) is 5.26 Å². The highest BCUT2D eigenvalue weighted by atomic mass is 19.4. The average molecular weight is 486 g/mol. The summed E-state index contributed by atoms with van der Waals surface area (Å²) in [5.74, 6) is 0.0666. The Labute approximate surface area is 203 Å². The van der Waals surface area contributed by atoms with Gasteiger partial charge in [0.25, 0.3) is 0 Å². The van der Waals surface area contributed by atoms with Crippen LogP contribution in [0.3, 0.4) is 0 Å². The van der Waals surface area contributed by atoms with E-state index in [0.29, 0.717) is 31.2 Å². The number of carbonyl (C=O) groups is 1. The number of nitriles is 1. The van der Waals surface area contributed by atoms with E-state index >= 15 is 0 Å². The van der Waals surface area contributed by atoms with Crippen LogP contribution in [0.4, 0.5) is 18.9 Å². The maximum atomic E-state index is 13.5. The van der Waals surface area contributed by atoms with Gasteiger partial charge in [-0.2, -0.15) is 18.4 Å². The Morgan fingerprint density at radius 1 is 1.17 bits per heavy atom. The van der Waals surface area contributed by atoms with Crippen molar-refractivity contribution in [3.8, 4) is 6.07 Å². The molecule has 0 unspecified atom stereocenters. The minimum Gasteiger partial charge on any atom is -0.370 e. The normalized spacial score (nSPS) is 21.6. The summed E-state index contributed by atoms with van der Waals surface area (Å²) in [5, 5.41) is 12.0. The number of benzene rings is 1. The van der Waals surface area contributed by atoms with Gasteiger partial charge in [-0.05, 0) is 80.6 Å². The van der Waals surface area contributed by atoms with Gasteiger partial charge in [0.15, 0.2) is 0 Å². The second kappa shape index (κ2) is 10.6. The minimum atomic E-state index is -4.61. The zero-order valence-corrected chi connectivity index (χ0v) is 19.8. The van der Waals surface area contributed by atoms with Crippen LogP contribution in [0.15, 0.2) is 42.7 Å². The van der Waals surface area contributed by atoms with E-state index in [2.05, 4.69) is 15.2 Å². The summed E-state index contributed by atoms with van der Waals surface area (Å²) in [4.78, 5) is 21.3. The summed E-state index contributed by atoms with van der Waals surface area (Å²) < 4.78 is 40.6. The maximum absolute atomic E-state index is 13.5. The molecule has 186 valence electrons. The molecule has 1 N–H and O–H groups in total. The van der Waals surface area contributed by atoms with Crippen molar-refractivity contribution in [3.63, 3.8) is 0 Å². The Hall–Kier alpha value is -3.12. The number of aromatic nitrogens is 1. The number of nitrogens with zero attached hydrogens (tertiary/aromatic N) is 4. The second-order valence-electron chi connectivity index (χ2n) is 9.38. The summed E-state index contributed by atoms with van der Waals surface area (Å²) in [6.07, 6.45) is 0.862. The lowest BCUT2D eigenvalue weighted by Crippen LogP contribution is -2.41. The van der Waals surface area contributed by atoms with Crippen molar-refractivity contribution in [2.45, 2.75) is 32.5 Å². The smallest absolute Gasteiger partial charge is 0.370 e. The molecule has 2 aliphatic heterocycles. The van der Waals surface area contributed by atoms with Crippen molar-refractivity contribution >= 4 is 11.6 Å². The zero-order valence-electron chi connectivity index (χ0n) is 19.8. The first-order valence-corrected chi connectivity index (χ1v) is 12.1. The van der Waals surface area contributed by atoms with Gasteiger partial charge >= 0.3 is 6.18 Å². The predicted molar refractivity (Wildman–Crippen MR) is 126 cm³/mol. The molecule has 0 spiro atoms. The molecule has 4 rings (SSSR count). The molecule has 2 aliphatic rings. The fourth-order valence-electron chi connectivity index (χ4n) is 5.45. The van der Waals surface area contributed by atoms with Crippen LogP contribution in [0.25, 0.3) is 0 Å². The molecule has 1 aromatic carbocycles. The first kappa shape index (κ1) is 25.0. The highest BCUT2D eigenvalue weighted by Gasteiger charge is 2.43. The molecule has 0 bridgehead atoms. The van der Waals surface area contributed by atoms with E-state index in [4.69, 9.17) is 5.26 Å². The Morgan fingerprint density at radius 3 is 2.51 bits per heavy atom. The van der Waals surface area contributed by atoms with E-state index in [1.807, 2.05) is 24.0 Å². The third-order valence-corrected chi connectivity index (χ3v) is 7.24. The van der Waals surface area contributed by atoms with Gasteiger partial charge in [0, 0.05) is 44.3 Å². The van der Waals surface area contributed by atoms with Crippen LogP contribution < -0.4 is 10.2 Å². The minimum absolute atomic E-state index is 0.0381. The second-order valence-corrected chi connectivity index (χ2v) is 9.38. The van der Waals surface area contributed by atoms with Gasteiger partial charge in [-0.15, -0.1) is 0 Å². The number of likely N-dealkylation sites (tertiary alicyclic amines) is 1. The van der Waals surface area contributed by atoms with E-state index in [9.17, 15) is 18.0 Å². The number of carbonyl (C=O) groups excluding carboxylic acids is 1. The number of alkyl halides is 3. The molecule has 2 saturated heterocycles. The molecule has 3 heterocycles. The molecule has 0 saturated carbocycles. The van der Waals surface area contributed by atoms with Crippen LogP contribution in [0.5, 0.6) is 0 Å². The highest BCUT2D eigenvalue weighted by Crippen LogP contribution is 2.40. The molecule has 0 radical (unpaired) electrons. The van der Waals surface area contributed by atoms with Crippen molar-refractivity contribution in [2.75, 3.05) is 37.6 Å². The lowest BCUT2D eigenvalue weighted by molar-refractivity contribution is -0.137. The van der Waals surface area contributed by atoms with Gasteiger partial charge in [0.05, 0.1) is 23.1 Å². The summed E-state index contributed by atoms with van der Waals surface area (Å²) in [7, 11) is 0. The molecule has 2 atom stereocenters. The number of hydrogen-bond acceptors (Lipinski definition) is 5. The third-order valence-electron chi connectivity index (χ3n) is 7.24. The van der Waals surface area contributed by atoms with Gasteiger partial charge in [0.1, 0.15) is 0 Å². The molecular formula is C26H30F3N5O.